The number of thioether (sulfide) groups is 1. The van der Waals surface area contributed by atoms with Crippen LogP contribution in [0.15, 0.2) is 0 Å². The molecule has 0 aromatic heterocycles. The van der Waals surface area contributed by atoms with E-state index in [0.29, 0.717) is 0 Å². The summed E-state index contributed by atoms with van der Waals surface area (Å²) in [6.07, 6.45) is 8.41. The Kier molecular flexibility index (Phi) is 6.31. The molecule has 1 saturated carbocycles. The monoisotopic (exact) mass is 220 g/mol. The van der Waals surface area contributed by atoms with Gasteiger partial charge in [-0.25, -0.2) is 0 Å². The summed E-state index contributed by atoms with van der Waals surface area (Å²) in [4.78, 5) is 0. The molecule has 1 aliphatic rings. The molecule has 1 aliphatic carbocycles. The van der Waals surface area contributed by atoms with Gasteiger partial charge in [-0.1, -0.05) is 19.8 Å². The van der Waals surface area contributed by atoms with Gasteiger partial charge in [-0.15, -0.1) is 11.6 Å². The molecule has 0 heterocycles. The lowest BCUT2D eigenvalue weighted by atomic mass is 10.1. The Bertz CT molecular complexity index is 121. The van der Waals surface area contributed by atoms with Crippen molar-refractivity contribution in [2.45, 2.75) is 50.7 Å². The summed E-state index contributed by atoms with van der Waals surface area (Å²) in [5, 5.41) is 0.989. The van der Waals surface area contributed by atoms with E-state index in [-0.39, 0.29) is 0 Å². The maximum Gasteiger partial charge on any atom is 0.0225 e. The lowest BCUT2D eigenvalue weighted by Crippen LogP contribution is -2.01. The van der Waals surface area contributed by atoms with Crippen molar-refractivity contribution >= 4 is 23.4 Å². The van der Waals surface area contributed by atoms with Gasteiger partial charge in [0, 0.05) is 11.1 Å². The van der Waals surface area contributed by atoms with E-state index >= 15 is 0 Å². The van der Waals surface area contributed by atoms with Crippen molar-refractivity contribution in [2.75, 3.05) is 11.6 Å². The van der Waals surface area contributed by atoms with Crippen molar-refractivity contribution in [1.82, 2.24) is 0 Å². The van der Waals surface area contributed by atoms with E-state index in [0.717, 1.165) is 17.0 Å². The highest BCUT2D eigenvalue weighted by molar-refractivity contribution is 7.99. The fourth-order valence-electron chi connectivity index (χ4n) is 1.82. The molecule has 1 unspecified atom stereocenters. The summed E-state index contributed by atoms with van der Waals surface area (Å²) in [7, 11) is 0. The molecule has 78 valence electrons. The normalized spacial score (nSPS) is 20.8. The minimum Gasteiger partial charge on any atom is -0.159 e. The lowest BCUT2D eigenvalue weighted by Gasteiger charge is -2.11. The summed E-state index contributed by atoms with van der Waals surface area (Å²) in [6.45, 7) is 2.32. The molecular weight excluding hydrogens is 200 g/mol. The average Bonchev–Trinajstić information content (AvgIpc) is 2.57. The Balaban J connectivity index is 1.93. The predicted molar refractivity (Wildman–Crippen MR) is 63.8 cm³/mol. The summed E-state index contributed by atoms with van der Waals surface area (Å²) in [5.74, 6) is 3.00. The zero-order chi connectivity index (χ0) is 9.52. The summed E-state index contributed by atoms with van der Waals surface area (Å²) >= 11 is 7.89. The third-order valence-electron chi connectivity index (χ3n) is 2.87. The molecule has 0 saturated heterocycles. The van der Waals surface area contributed by atoms with Crippen molar-refractivity contribution < 1.29 is 0 Å². The van der Waals surface area contributed by atoms with Crippen LogP contribution in [0.2, 0.25) is 0 Å². The molecular formula is C11H21ClS. The molecule has 13 heavy (non-hydrogen) atoms. The second kappa shape index (κ2) is 7.00. The maximum absolute atomic E-state index is 5.70. The molecule has 1 fully saturated rings. The van der Waals surface area contributed by atoms with Crippen molar-refractivity contribution in [3.05, 3.63) is 0 Å². The first-order valence-corrected chi connectivity index (χ1v) is 7.09. The van der Waals surface area contributed by atoms with Crippen LogP contribution in [0.5, 0.6) is 0 Å². The van der Waals surface area contributed by atoms with Gasteiger partial charge in [0.1, 0.15) is 0 Å². The van der Waals surface area contributed by atoms with Crippen LogP contribution >= 0.6 is 23.4 Å². The van der Waals surface area contributed by atoms with Crippen LogP contribution < -0.4 is 0 Å². The number of rotatable bonds is 6. The van der Waals surface area contributed by atoms with Gasteiger partial charge in [-0.2, -0.15) is 11.8 Å². The topological polar surface area (TPSA) is 0 Å². The summed E-state index contributed by atoms with van der Waals surface area (Å²) in [6, 6.07) is 0. The lowest BCUT2D eigenvalue weighted by molar-refractivity contribution is 0.551. The van der Waals surface area contributed by atoms with Crippen LogP contribution in [0, 0.1) is 5.92 Å². The summed E-state index contributed by atoms with van der Waals surface area (Å²) < 4.78 is 0. The Morgan fingerprint density at radius 1 is 1.31 bits per heavy atom. The molecule has 0 spiro atoms. The van der Waals surface area contributed by atoms with Crippen LogP contribution in [0.1, 0.15) is 45.4 Å². The van der Waals surface area contributed by atoms with E-state index in [1.54, 1.807) is 0 Å². The molecule has 1 atom stereocenters. The highest BCUT2D eigenvalue weighted by Crippen LogP contribution is 2.30. The van der Waals surface area contributed by atoms with Gasteiger partial charge in [0.15, 0.2) is 0 Å². The van der Waals surface area contributed by atoms with E-state index in [1.807, 2.05) is 0 Å². The molecule has 0 amide bonds. The number of halogens is 1. The quantitative estimate of drug-likeness (QED) is 0.601. The first kappa shape index (κ1) is 11.7. The number of alkyl halides is 1. The van der Waals surface area contributed by atoms with E-state index < -0.39 is 0 Å². The van der Waals surface area contributed by atoms with Gasteiger partial charge in [0.25, 0.3) is 0 Å². The summed E-state index contributed by atoms with van der Waals surface area (Å²) in [5.41, 5.74) is 0. The second-order valence-electron chi connectivity index (χ2n) is 4.15. The minimum absolute atomic E-state index is 0.825. The van der Waals surface area contributed by atoms with Crippen molar-refractivity contribution in [2.24, 2.45) is 5.92 Å². The molecule has 0 aromatic rings. The van der Waals surface area contributed by atoms with E-state index in [2.05, 4.69) is 18.7 Å². The highest BCUT2D eigenvalue weighted by Gasteiger charge is 2.15. The second-order valence-corrected chi connectivity index (χ2v) is 5.93. The van der Waals surface area contributed by atoms with Crippen LogP contribution in [0.4, 0.5) is 0 Å². The Labute approximate surface area is 91.8 Å². The van der Waals surface area contributed by atoms with Crippen LogP contribution in [0.3, 0.4) is 0 Å². The first-order chi connectivity index (χ1) is 6.33. The van der Waals surface area contributed by atoms with Crippen molar-refractivity contribution in [1.29, 1.82) is 0 Å². The van der Waals surface area contributed by atoms with Crippen LogP contribution in [-0.2, 0) is 0 Å². The third kappa shape index (κ3) is 5.17. The van der Waals surface area contributed by atoms with E-state index in [4.69, 9.17) is 11.6 Å². The molecule has 0 nitrogen and oxygen atoms in total. The zero-order valence-corrected chi connectivity index (χ0v) is 10.2. The smallest absolute Gasteiger partial charge is 0.0225 e. The molecule has 0 radical (unpaired) electrons. The fraction of sp³-hybridized carbons (Fsp3) is 1.00. The molecule has 1 rings (SSSR count). The van der Waals surface area contributed by atoms with Crippen molar-refractivity contribution in [3.63, 3.8) is 0 Å². The minimum atomic E-state index is 0.825. The molecule has 0 bridgehead atoms. The number of hydrogen-bond donors (Lipinski definition) is 0. The van der Waals surface area contributed by atoms with Gasteiger partial charge >= 0.3 is 0 Å². The zero-order valence-electron chi connectivity index (χ0n) is 8.60. The van der Waals surface area contributed by atoms with Gasteiger partial charge < -0.3 is 0 Å². The fourth-order valence-corrected chi connectivity index (χ4v) is 3.73. The van der Waals surface area contributed by atoms with E-state index in [1.165, 1.54) is 44.3 Å². The molecule has 0 N–H and O–H groups in total. The molecule has 0 aromatic carbocycles. The van der Waals surface area contributed by atoms with Gasteiger partial charge in [0.2, 0.25) is 0 Å². The van der Waals surface area contributed by atoms with E-state index in [9.17, 15) is 0 Å². The van der Waals surface area contributed by atoms with Gasteiger partial charge in [-0.05, 0) is 37.4 Å². The standard InChI is InChI=1S/C11H21ClS/c1-10(6-8-12)7-9-13-11-4-2-3-5-11/h10-11H,2-9H2,1H3. The molecule has 0 aliphatic heterocycles. The Morgan fingerprint density at radius 2 is 2.00 bits per heavy atom. The highest BCUT2D eigenvalue weighted by atomic mass is 35.5. The third-order valence-corrected chi connectivity index (χ3v) is 4.50. The van der Waals surface area contributed by atoms with Gasteiger partial charge in [0.05, 0.1) is 0 Å². The SMILES string of the molecule is CC(CCCl)CCSC1CCCC1. The first-order valence-electron chi connectivity index (χ1n) is 5.50. The van der Waals surface area contributed by atoms with Crippen LogP contribution in [0.25, 0.3) is 0 Å². The number of hydrogen-bond acceptors (Lipinski definition) is 1. The predicted octanol–water partition coefficient (Wildman–Crippen LogP) is 4.32. The van der Waals surface area contributed by atoms with Crippen molar-refractivity contribution in [3.8, 4) is 0 Å². The molecule has 2 heteroatoms. The largest absolute Gasteiger partial charge is 0.159 e. The average molecular weight is 221 g/mol. The Hall–Kier alpha value is 0.640. The van der Waals surface area contributed by atoms with Crippen LogP contribution in [-0.4, -0.2) is 16.9 Å². The maximum atomic E-state index is 5.70. The Morgan fingerprint density at radius 3 is 2.62 bits per heavy atom. The van der Waals surface area contributed by atoms with Gasteiger partial charge in [-0.3, -0.25) is 0 Å².